The summed E-state index contributed by atoms with van der Waals surface area (Å²) in [6.45, 7) is 2.06. The summed E-state index contributed by atoms with van der Waals surface area (Å²) < 4.78 is 0. The third-order valence-electron chi connectivity index (χ3n) is 3.92. The molecule has 0 N–H and O–H groups in total. The number of aromatic nitrogens is 1. The fourth-order valence-electron chi connectivity index (χ4n) is 2.43. The highest BCUT2D eigenvalue weighted by molar-refractivity contribution is 7.11. The number of nitrogens with zero attached hydrogens (tertiary/aromatic N) is 3. The van der Waals surface area contributed by atoms with E-state index in [1.165, 1.54) is 16.9 Å². The van der Waals surface area contributed by atoms with Gasteiger partial charge < -0.3 is 4.90 Å². The third-order valence-corrected chi connectivity index (χ3v) is 4.80. The molecule has 25 heavy (non-hydrogen) atoms. The first kappa shape index (κ1) is 16.9. The Morgan fingerprint density at radius 2 is 1.76 bits per heavy atom. The van der Waals surface area contributed by atoms with E-state index >= 15 is 0 Å². The summed E-state index contributed by atoms with van der Waals surface area (Å²) in [7, 11) is 4.02. The van der Waals surface area contributed by atoms with E-state index in [4.69, 9.17) is 0 Å². The molecule has 0 bridgehead atoms. The highest BCUT2D eigenvalue weighted by Gasteiger charge is 2.09. The van der Waals surface area contributed by atoms with Crippen LogP contribution in [0.15, 0.2) is 53.9 Å². The molecule has 1 aromatic heterocycles. The Morgan fingerprint density at radius 1 is 1.08 bits per heavy atom. The van der Waals surface area contributed by atoms with E-state index in [9.17, 15) is 5.26 Å². The number of benzene rings is 2. The molecular formula is C21H19N3S. The molecule has 0 saturated carbocycles. The second kappa shape index (κ2) is 7.33. The van der Waals surface area contributed by atoms with Gasteiger partial charge in [0, 0.05) is 30.7 Å². The van der Waals surface area contributed by atoms with E-state index in [1.54, 1.807) is 0 Å². The number of nitriles is 1. The molecule has 3 rings (SSSR count). The zero-order chi connectivity index (χ0) is 17.8. The normalized spacial score (nSPS) is 11.2. The first-order valence-electron chi connectivity index (χ1n) is 7.99. The summed E-state index contributed by atoms with van der Waals surface area (Å²) in [5.74, 6) is 0. The molecule has 124 valence electrons. The van der Waals surface area contributed by atoms with Gasteiger partial charge in [-0.15, -0.1) is 11.3 Å². The first-order valence-corrected chi connectivity index (χ1v) is 8.87. The Kier molecular flexibility index (Phi) is 4.97. The average Bonchev–Trinajstić information content (AvgIpc) is 3.10. The Morgan fingerprint density at radius 3 is 2.36 bits per heavy atom. The van der Waals surface area contributed by atoms with E-state index in [0.29, 0.717) is 5.57 Å². The zero-order valence-electron chi connectivity index (χ0n) is 14.5. The summed E-state index contributed by atoms with van der Waals surface area (Å²) >= 11 is 1.50. The molecule has 0 fully saturated rings. The summed E-state index contributed by atoms with van der Waals surface area (Å²) in [6, 6.07) is 18.7. The lowest BCUT2D eigenvalue weighted by Crippen LogP contribution is -2.07. The van der Waals surface area contributed by atoms with Crippen LogP contribution >= 0.6 is 11.3 Å². The van der Waals surface area contributed by atoms with Gasteiger partial charge in [0.1, 0.15) is 11.1 Å². The number of allylic oxidation sites excluding steroid dienone is 1. The maximum absolute atomic E-state index is 9.54. The van der Waals surface area contributed by atoms with Crippen LogP contribution in [0.1, 0.15) is 16.1 Å². The molecule has 0 aliphatic heterocycles. The van der Waals surface area contributed by atoms with Gasteiger partial charge in [-0.25, -0.2) is 4.98 Å². The van der Waals surface area contributed by atoms with Gasteiger partial charge in [-0.1, -0.05) is 42.0 Å². The van der Waals surface area contributed by atoms with E-state index in [2.05, 4.69) is 42.2 Å². The predicted molar refractivity (Wildman–Crippen MR) is 107 cm³/mol. The van der Waals surface area contributed by atoms with Crippen LogP contribution in [0.3, 0.4) is 0 Å². The molecule has 0 amide bonds. The van der Waals surface area contributed by atoms with Crippen LogP contribution in [0, 0.1) is 18.3 Å². The molecule has 0 saturated heterocycles. The number of hydrogen-bond donors (Lipinski definition) is 0. The predicted octanol–water partition coefficient (Wildman–Crippen LogP) is 5.25. The van der Waals surface area contributed by atoms with Gasteiger partial charge in [0.25, 0.3) is 0 Å². The van der Waals surface area contributed by atoms with E-state index in [-0.39, 0.29) is 0 Å². The topological polar surface area (TPSA) is 39.9 Å². The van der Waals surface area contributed by atoms with Crippen molar-refractivity contribution in [1.82, 2.24) is 4.98 Å². The summed E-state index contributed by atoms with van der Waals surface area (Å²) in [6.07, 6.45) is 1.89. The smallest absolute Gasteiger partial charge is 0.134 e. The first-order chi connectivity index (χ1) is 12.1. The minimum absolute atomic E-state index is 0.584. The number of aryl methyl sites for hydroxylation is 1. The molecule has 0 aliphatic carbocycles. The minimum atomic E-state index is 0.584. The Hall–Kier alpha value is -2.90. The largest absolute Gasteiger partial charge is 0.378 e. The van der Waals surface area contributed by atoms with Crippen molar-refractivity contribution in [3.8, 4) is 17.3 Å². The number of hydrogen-bond acceptors (Lipinski definition) is 4. The van der Waals surface area contributed by atoms with Gasteiger partial charge in [0.15, 0.2) is 0 Å². The average molecular weight is 345 g/mol. The monoisotopic (exact) mass is 345 g/mol. The Bertz CT molecular complexity index is 927. The maximum atomic E-state index is 9.54. The number of rotatable bonds is 4. The lowest BCUT2D eigenvalue weighted by Gasteiger charge is -2.11. The molecule has 0 atom stereocenters. The fourth-order valence-corrected chi connectivity index (χ4v) is 3.23. The van der Waals surface area contributed by atoms with Crippen molar-refractivity contribution in [3.05, 3.63) is 70.0 Å². The standard InChI is InChI=1S/C21H19N3S/c1-15-4-8-17(9-5-15)20-14-25-21(23-20)18(13-22)12-16-6-10-19(11-7-16)24(2)3/h4-12,14H,1-3H3/b18-12+. The number of anilines is 1. The molecule has 2 aromatic carbocycles. The number of thiazole rings is 1. The lowest BCUT2D eigenvalue weighted by atomic mass is 10.1. The van der Waals surface area contributed by atoms with Gasteiger partial charge in [-0.2, -0.15) is 5.26 Å². The van der Waals surface area contributed by atoms with E-state index in [0.717, 1.165) is 27.5 Å². The lowest BCUT2D eigenvalue weighted by molar-refractivity contribution is 1.13. The van der Waals surface area contributed by atoms with Crippen LogP contribution in [0.5, 0.6) is 0 Å². The minimum Gasteiger partial charge on any atom is -0.378 e. The Balaban J connectivity index is 1.88. The molecule has 0 aliphatic rings. The van der Waals surface area contributed by atoms with Crippen molar-refractivity contribution in [2.45, 2.75) is 6.92 Å². The van der Waals surface area contributed by atoms with Crippen molar-refractivity contribution in [3.63, 3.8) is 0 Å². The van der Waals surface area contributed by atoms with Crippen molar-refractivity contribution < 1.29 is 0 Å². The SMILES string of the molecule is Cc1ccc(-c2csc(/C(C#N)=C/c3ccc(N(C)C)cc3)n2)cc1. The van der Waals surface area contributed by atoms with E-state index < -0.39 is 0 Å². The van der Waals surface area contributed by atoms with Crippen LogP contribution in [-0.4, -0.2) is 19.1 Å². The molecule has 3 nitrogen and oxygen atoms in total. The summed E-state index contributed by atoms with van der Waals surface area (Å²) in [5, 5.41) is 12.3. The van der Waals surface area contributed by atoms with Gasteiger partial charge in [0.2, 0.25) is 0 Å². The van der Waals surface area contributed by atoms with Crippen molar-refractivity contribution >= 4 is 28.7 Å². The molecular weight excluding hydrogens is 326 g/mol. The fraction of sp³-hybridized carbons (Fsp3) is 0.143. The van der Waals surface area contributed by atoms with Crippen LogP contribution in [0.4, 0.5) is 5.69 Å². The van der Waals surface area contributed by atoms with Crippen molar-refractivity contribution in [2.24, 2.45) is 0 Å². The van der Waals surface area contributed by atoms with Crippen molar-refractivity contribution in [1.29, 1.82) is 5.26 Å². The van der Waals surface area contributed by atoms with Gasteiger partial charge >= 0.3 is 0 Å². The van der Waals surface area contributed by atoms with Crippen LogP contribution < -0.4 is 4.90 Å². The van der Waals surface area contributed by atoms with Gasteiger partial charge in [-0.05, 0) is 30.7 Å². The third kappa shape index (κ3) is 3.96. The van der Waals surface area contributed by atoms with Gasteiger partial charge in [0.05, 0.1) is 11.3 Å². The Labute approximate surface area is 152 Å². The zero-order valence-corrected chi connectivity index (χ0v) is 15.3. The van der Waals surface area contributed by atoms with Gasteiger partial charge in [-0.3, -0.25) is 0 Å². The molecule has 0 unspecified atom stereocenters. The quantitative estimate of drug-likeness (QED) is 0.606. The summed E-state index contributed by atoms with van der Waals surface area (Å²) in [5.41, 5.74) is 5.91. The van der Waals surface area contributed by atoms with Crippen LogP contribution in [-0.2, 0) is 0 Å². The highest BCUT2D eigenvalue weighted by atomic mass is 32.1. The van der Waals surface area contributed by atoms with Crippen LogP contribution in [0.2, 0.25) is 0 Å². The summed E-state index contributed by atoms with van der Waals surface area (Å²) in [4.78, 5) is 6.69. The van der Waals surface area contributed by atoms with Crippen molar-refractivity contribution in [2.75, 3.05) is 19.0 Å². The second-order valence-electron chi connectivity index (χ2n) is 6.06. The molecule has 1 heterocycles. The highest BCUT2D eigenvalue weighted by Crippen LogP contribution is 2.27. The molecule has 3 aromatic rings. The molecule has 0 radical (unpaired) electrons. The second-order valence-corrected chi connectivity index (χ2v) is 6.92. The maximum Gasteiger partial charge on any atom is 0.134 e. The van der Waals surface area contributed by atoms with E-state index in [1.807, 2.05) is 54.7 Å². The molecule has 0 spiro atoms. The molecule has 4 heteroatoms. The van der Waals surface area contributed by atoms with Crippen LogP contribution in [0.25, 0.3) is 22.9 Å².